The molecule has 1 rings (SSSR count). The molecule has 0 aromatic carbocycles. The number of hydrogen-bond donors (Lipinski definition) is 3. The first-order valence-electron chi connectivity index (χ1n) is 6.51. The highest BCUT2D eigenvalue weighted by Crippen LogP contribution is 2.26. The van der Waals surface area contributed by atoms with Crippen LogP contribution in [0.4, 0.5) is 0 Å². The van der Waals surface area contributed by atoms with E-state index < -0.39 is 15.7 Å². The number of nitrogens with one attached hydrogen (secondary N) is 2. The molecule has 0 atom stereocenters. The number of ether oxygens (including phenoxy) is 1. The molecule has 0 aromatic rings. The third-order valence-corrected chi connectivity index (χ3v) is 4.69. The molecule has 7 heteroatoms. The lowest BCUT2D eigenvalue weighted by Crippen LogP contribution is -2.56. The van der Waals surface area contributed by atoms with Gasteiger partial charge in [-0.2, -0.15) is 17.9 Å². The molecule has 0 aromatic heterocycles. The molecule has 1 saturated carbocycles. The van der Waals surface area contributed by atoms with E-state index in [0.29, 0.717) is 13.2 Å². The smallest absolute Gasteiger partial charge is 0.277 e. The van der Waals surface area contributed by atoms with Crippen LogP contribution < -0.4 is 15.2 Å². The molecule has 108 valence electrons. The maximum atomic E-state index is 11.9. The Morgan fingerprint density at radius 3 is 2.33 bits per heavy atom. The fourth-order valence-electron chi connectivity index (χ4n) is 2.35. The van der Waals surface area contributed by atoms with Gasteiger partial charge in [0.2, 0.25) is 0 Å². The van der Waals surface area contributed by atoms with Gasteiger partial charge in [0.15, 0.2) is 0 Å². The number of rotatable bonds is 7. The van der Waals surface area contributed by atoms with Gasteiger partial charge in [0, 0.05) is 25.7 Å². The van der Waals surface area contributed by atoms with Crippen LogP contribution in [-0.4, -0.2) is 40.8 Å². The van der Waals surface area contributed by atoms with Gasteiger partial charge in [0.25, 0.3) is 10.2 Å². The Bertz CT molecular complexity index is 324. The van der Waals surface area contributed by atoms with Crippen molar-refractivity contribution in [2.75, 3.05) is 26.8 Å². The Kier molecular flexibility index (Phi) is 6.51. The van der Waals surface area contributed by atoms with Gasteiger partial charge in [-0.05, 0) is 12.8 Å². The molecule has 0 aliphatic heterocycles. The van der Waals surface area contributed by atoms with E-state index in [1.165, 1.54) is 7.11 Å². The molecule has 0 heterocycles. The lowest BCUT2D eigenvalue weighted by atomic mass is 9.92. The van der Waals surface area contributed by atoms with E-state index in [1.54, 1.807) is 0 Å². The average Bonchev–Trinajstić information content (AvgIpc) is 2.55. The monoisotopic (exact) mass is 279 g/mol. The predicted molar refractivity (Wildman–Crippen MR) is 71.4 cm³/mol. The summed E-state index contributed by atoms with van der Waals surface area (Å²) in [7, 11) is -1.96. The summed E-state index contributed by atoms with van der Waals surface area (Å²) in [6, 6.07) is 0. The zero-order valence-corrected chi connectivity index (χ0v) is 11.9. The average molecular weight is 279 g/mol. The zero-order valence-electron chi connectivity index (χ0n) is 11.1. The van der Waals surface area contributed by atoms with E-state index in [4.69, 9.17) is 10.5 Å². The lowest BCUT2D eigenvalue weighted by molar-refractivity contribution is 0.204. The molecular weight excluding hydrogens is 254 g/mol. The Morgan fingerprint density at radius 1 is 1.22 bits per heavy atom. The summed E-state index contributed by atoms with van der Waals surface area (Å²) in [5.74, 6) is 0. The first kappa shape index (κ1) is 15.8. The summed E-state index contributed by atoms with van der Waals surface area (Å²) in [6.45, 7) is 0.973. The van der Waals surface area contributed by atoms with Gasteiger partial charge in [-0.1, -0.05) is 25.7 Å². The van der Waals surface area contributed by atoms with E-state index in [0.717, 1.165) is 38.5 Å². The molecule has 0 bridgehead atoms. The molecule has 0 spiro atoms. The van der Waals surface area contributed by atoms with E-state index >= 15 is 0 Å². The van der Waals surface area contributed by atoms with Crippen LogP contribution in [0.2, 0.25) is 0 Å². The van der Waals surface area contributed by atoms with Crippen LogP contribution in [0.25, 0.3) is 0 Å². The summed E-state index contributed by atoms with van der Waals surface area (Å²) >= 11 is 0. The minimum Gasteiger partial charge on any atom is -0.383 e. The van der Waals surface area contributed by atoms with Gasteiger partial charge in [-0.25, -0.2) is 0 Å². The fraction of sp³-hybridized carbons (Fsp3) is 1.00. The van der Waals surface area contributed by atoms with Gasteiger partial charge in [-0.3, -0.25) is 0 Å². The van der Waals surface area contributed by atoms with Crippen LogP contribution in [0, 0.1) is 0 Å². The normalized spacial score (nSPS) is 20.6. The van der Waals surface area contributed by atoms with Crippen molar-refractivity contribution in [1.29, 1.82) is 0 Å². The summed E-state index contributed by atoms with van der Waals surface area (Å²) in [6.07, 6.45) is 5.99. The first-order valence-corrected chi connectivity index (χ1v) is 7.99. The van der Waals surface area contributed by atoms with Crippen molar-refractivity contribution in [3.63, 3.8) is 0 Å². The van der Waals surface area contributed by atoms with Crippen molar-refractivity contribution in [3.8, 4) is 0 Å². The van der Waals surface area contributed by atoms with Crippen molar-refractivity contribution in [2.24, 2.45) is 5.73 Å². The number of hydrogen-bond acceptors (Lipinski definition) is 4. The maximum Gasteiger partial charge on any atom is 0.277 e. The van der Waals surface area contributed by atoms with E-state index in [-0.39, 0.29) is 6.54 Å². The summed E-state index contributed by atoms with van der Waals surface area (Å²) < 4.78 is 33.9. The Labute approximate surface area is 110 Å². The highest BCUT2D eigenvalue weighted by Gasteiger charge is 2.33. The van der Waals surface area contributed by atoms with Crippen molar-refractivity contribution < 1.29 is 13.2 Å². The van der Waals surface area contributed by atoms with Gasteiger partial charge in [0.1, 0.15) is 0 Å². The Balaban J connectivity index is 2.59. The van der Waals surface area contributed by atoms with E-state index in [9.17, 15) is 8.42 Å². The first-order chi connectivity index (χ1) is 8.54. The minimum atomic E-state index is -3.50. The SMILES string of the molecule is COCCNS(=O)(=O)NC1(CN)CCCCCC1. The van der Waals surface area contributed by atoms with Crippen molar-refractivity contribution in [2.45, 2.75) is 44.1 Å². The summed E-state index contributed by atoms with van der Waals surface area (Å²) in [5, 5.41) is 0. The summed E-state index contributed by atoms with van der Waals surface area (Å²) in [4.78, 5) is 0. The molecule has 0 unspecified atom stereocenters. The van der Waals surface area contributed by atoms with Crippen LogP contribution in [-0.2, 0) is 14.9 Å². The quantitative estimate of drug-likeness (QED) is 0.455. The largest absolute Gasteiger partial charge is 0.383 e. The standard InChI is InChI=1S/C11H25N3O3S/c1-17-9-8-13-18(15,16)14-11(10-12)6-4-2-3-5-7-11/h13-14H,2-10,12H2,1H3. The van der Waals surface area contributed by atoms with Crippen LogP contribution in [0.5, 0.6) is 0 Å². The van der Waals surface area contributed by atoms with E-state index in [2.05, 4.69) is 9.44 Å². The molecule has 0 saturated heterocycles. The lowest BCUT2D eigenvalue weighted by Gasteiger charge is -2.32. The van der Waals surface area contributed by atoms with Gasteiger partial charge in [-0.15, -0.1) is 0 Å². The molecule has 1 aliphatic carbocycles. The third kappa shape index (κ3) is 5.19. The summed E-state index contributed by atoms with van der Waals surface area (Å²) in [5.41, 5.74) is 5.31. The van der Waals surface area contributed by atoms with Crippen LogP contribution in [0.1, 0.15) is 38.5 Å². The second-order valence-corrected chi connectivity index (χ2v) is 6.39. The molecule has 0 radical (unpaired) electrons. The molecule has 1 aliphatic rings. The molecule has 18 heavy (non-hydrogen) atoms. The highest BCUT2D eigenvalue weighted by atomic mass is 32.2. The number of methoxy groups -OCH3 is 1. The van der Waals surface area contributed by atoms with Gasteiger partial charge >= 0.3 is 0 Å². The van der Waals surface area contributed by atoms with E-state index in [1.807, 2.05) is 0 Å². The molecule has 0 amide bonds. The second kappa shape index (κ2) is 7.40. The van der Waals surface area contributed by atoms with Crippen molar-refractivity contribution in [3.05, 3.63) is 0 Å². The Morgan fingerprint density at radius 2 is 1.83 bits per heavy atom. The van der Waals surface area contributed by atoms with Crippen LogP contribution in [0.3, 0.4) is 0 Å². The topological polar surface area (TPSA) is 93.4 Å². The van der Waals surface area contributed by atoms with Crippen LogP contribution in [0.15, 0.2) is 0 Å². The van der Waals surface area contributed by atoms with Crippen molar-refractivity contribution >= 4 is 10.2 Å². The number of nitrogens with two attached hydrogens (primary N) is 1. The minimum absolute atomic E-state index is 0.270. The fourth-order valence-corrected chi connectivity index (χ4v) is 3.63. The van der Waals surface area contributed by atoms with Crippen molar-refractivity contribution in [1.82, 2.24) is 9.44 Å². The Hall–Kier alpha value is -0.210. The van der Waals surface area contributed by atoms with Gasteiger partial charge < -0.3 is 10.5 Å². The highest BCUT2D eigenvalue weighted by molar-refractivity contribution is 7.87. The molecule has 1 fully saturated rings. The van der Waals surface area contributed by atoms with Crippen LogP contribution >= 0.6 is 0 Å². The molecule has 6 nitrogen and oxygen atoms in total. The molecule has 4 N–H and O–H groups in total. The third-order valence-electron chi connectivity index (χ3n) is 3.40. The van der Waals surface area contributed by atoms with Gasteiger partial charge in [0.05, 0.1) is 6.61 Å². The second-order valence-electron chi connectivity index (χ2n) is 4.89. The maximum absolute atomic E-state index is 11.9. The predicted octanol–water partition coefficient (Wildman–Crippen LogP) is 0.109. The zero-order chi connectivity index (χ0) is 13.5. The molecular formula is C11H25N3O3S.